The number of ether oxygens (including phenoxy) is 1. The van der Waals surface area contributed by atoms with Crippen LogP contribution in [0.15, 0.2) is 18.2 Å². The average molecular weight is 244 g/mol. The Morgan fingerprint density at radius 2 is 2.33 bits per heavy atom. The molecule has 1 aliphatic heterocycles. The van der Waals surface area contributed by atoms with Crippen LogP contribution in [0.4, 0.5) is 0 Å². The minimum atomic E-state index is 0.300. The van der Waals surface area contributed by atoms with Crippen molar-refractivity contribution in [3.63, 3.8) is 0 Å². The van der Waals surface area contributed by atoms with E-state index in [0.29, 0.717) is 24.2 Å². The molecule has 1 saturated heterocycles. The second kappa shape index (κ2) is 5.99. The monoisotopic (exact) mass is 244 g/mol. The predicted molar refractivity (Wildman–Crippen MR) is 71.1 cm³/mol. The third-order valence-electron chi connectivity index (χ3n) is 3.68. The van der Waals surface area contributed by atoms with Gasteiger partial charge in [0.25, 0.3) is 0 Å². The molecule has 2 unspecified atom stereocenters. The maximum atomic E-state index is 8.83. The summed E-state index contributed by atoms with van der Waals surface area (Å²) in [6, 6.07) is 7.92. The molecular weight excluding hydrogens is 224 g/mol. The highest BCUT2D eigenvalue weighted by molar-refractivity contribution is 5.37. The molecule has 18 heavy (non-hydrogen) atoms. The summed E-state index contributed by atoms with van der Waals surface area (Å²) >= 11 is 0. The minimum absolute atomic E-state index is 0.300. The SMILES string of the molecule is Cc1cc(C#N)ccc1COC1CNCCC1C. The molecule has 1 fully saturated rings. The lowest BCUT2D eigenvalue weighted by molar-refractivity contribution is -0.00677. The van der Waals surface area contributed by atoms with E-state index in [9.17, 15) is 0 Å². The molecule has 1 heterocycles. The highest BCUT2D eigenvalue weighted by atomic mass is 16.5. The molecule has 0 aromatic heterocycles. The van der Waals surface area contributed by atoms with Gasteiger partial charge in [-0.15, -0.1) is 0 Å². The molecule has 0 spiro atoms. The summed E-state index contributed by atoms with van der Waals surface area (Å²) in [5.41, 5.74) is 3.01. The second-order valence-electron chi connectivity index (χ2n) is 5.07. The molecule has 0 bridgehead atoms. The summed E-state index contributed by atoms with van der Waals surface area (Å²) in [6.45, 7) is 6.95. The van der Waals surface area contributed by atoms with E-state index >= 15 is 0 Å². The number of nitrogens with one attached hydrogen (secondary N) is 1. The number of hydrogen-bond donors (Lipinski definition) is 1. The number of nitrogens with zero attached hydrogens (tertiary/aromatic N) is 1. The van der Waals surface area contributed by atoms with Gasteiger partial charge in [0.05, 0.1) is 24.3 Å². The van der Waals surface area contributed by atoms with Gasteiger partial charge < -0.3 is 10.1 Å². The summed E-state index contributed by atoms with van der Waals surface area (Å²) < 4.78 is 5.99. The fourth-order valence-electron chi connectivity index (χ4n) is 2.31. The van der Waals surface area contributed by atoms with Crippen LogP contribution in [0.1, 0.15) is 30.0 Å². The van der Waals surface area contributed by atoms with Gasteiger partial charge in [-0.2, -0.15) is 5.26 Å². The van der Waals surface area contributed by atoms with Crippen LogP contribution in [-0.4, -0.2) is 19.2 Å². The molecule has 1 aromatic carbocycles. The first-order chi connectivity index (χ1) is 8.70. The number of aryl methyl sites for hydroxylation is 1. The maximum Gasteiger partial charge on any atom is 0.0991 e. The summed E-state index contributed by atoms with van der Waals surface area (Å²) in [6.07, 6.45) is 1.48. The summed E-state index contributed by atoms with van der Waals surface area (Å²) in [5.74, 6) is 0.616. The summed E-state index contributed by atoms with van der Waals surface area (Å²) in [5, 5.41) is 12.2. The molecule has 2 rings (SSSR count). The smallest absolute Gasteiger partial charge is 0.0991 e. The van der Waals surface area contributed by atoms with Crippen molar-refractivity contribution >= 4 is 0 Å². The zero-order valence-electron chi connectivity index (χ0n) is 11.1. The van der Waals surface area contributed by atoms with Crippen LogP contribution >= 0.6 is 0 Å². The predicted octanol–water partition coefficient (Wildman–Crippen LogP) is 2.38. The first-order valence-corrected chi connectivity index (χ1v) is 6.52. The summed E-state index contributed by atoms with van der Waals surface area (Å²) in [4.78, 5) is 0. The van der Waals surface area contributed by atoms with Crippen LogP contribution in [0.3, 0.4) is 0 Å². The van der Waals surface area contributed by atoms with E-state index in [1.807, 2.05) is 25.1 Å². The van der Waals surface area contributed by atoms with Crippen LogP contribution < -0.4 is 5.32 Å². The normalized spacial score (nSPS) is 23.6. The van der Waals surface area contributed by atoms with E-state index in [1.54, 1.807) is 0 Å². The number of piperidine rings is 1. The largest absolute Gasteiger partial charge is 0.372 e. The van der Waals surface area contributed by atoms with Gasteiger partial charge in [-0.05, 0) is 49.1 Å². The minimum Gasteiger partial charge on any atom is -0.372 e. The van der Waals surface area contributed by atoms with Gasteiger partial charge in [0.15, 0.2) is 0 Å². The zero-order chi connectivity index (χ0) is 13.0. The van der Waals surface area contributed by atoms with Crippen LogP contribution in [0.5, 0.6) is 0 Å². The van der Waals surface area contributed by atoms with Crippen molar-refractivity contribution in [3.05, 3.63) is 34.9 Å². The first kappa shape index (κ1) is 13.1. The topological polar surface area (TPSA) is 45.0 Å². The lowest BCUT2D eigenvalue weighted by Gasteiger charge is -2.29. The Labute approximate surface area is 109 Å². The van der Waals surface area contributed by atoms with Crippen molar-refractivity contribution in [1.82, 2.24) is 5.32 Å². The molecule has 1 aromatic rings. The lowest BCUT2D eigenvalue weighted by atomic mass is 9.97. The number of benzene rings is 1. The Morgan fingerprint density at radius 1 is 1.50 bits per heavy atom. The fraction of sp³-hybridized carbons (Fsp3) is 0.533. The highest BCUT2D eigenvalue weighted by Crippen LogP contribution is 2.18. The Morgan fingerprint density at radius 3 is 3.00 bits per heavy atom. The number of nitriles is 1. The molecular formula is C15H20N2O. The van der Waals surface area contributed by atoms with E-state index in [-0.39, 0.29) is 0 Å². The zero-order valence-corrected chi connectivity index (χ0v) is 11.1. The highest BCUT2D eigenvalue weighted by Gasteiger charge is 2.21. The van der Waals surface area contributed by atoms with E-state index in [2.05, 4.69) is 18.3 Å². The lowest BCUT2D eigenvalue weighted by Crippen LogP contribution is -2.40. The van der Waals surface area contributed by atoms with E-state index in [1.165, 1.54) is 12.0 Å². The van der Waals surface area contributed by atoms with Crippen LogP contribution in [-0.2, 0) is 11.3 Å². The van der Waals surface area contributed by atoms with Crippen molar-refractivity contribution in [2.45, 2.75) is 33.0 Å². The van der Waals surface area contributed by atoms with Crippen LogP contribution in [0.25, 0.3) is 0 Å². The molecule has 1 aliphatic rings. The van der Waals surface area contributed by atoms with Crippen molar-refractivity contribution in [1.29, 1.82) is 5.26 Å². The third kappa shape index (κ3) is 3.10. The standard InChI is InChI=1S/C15H20N2O/c1-11-5-6-17-9-15(11)18-10-14-4-3-13(8-16)7-12(14)2/h3-4,7,11,15,17H,5-6,9-10H2,1-2H3. The van der Waals surface area contributed by atoms with Crippen LogP contribution in [0, 0.1) is 24.2 Å². The van der Waals surface area contributed by atoms with Crippen molar-refractivity contribution in [3.8, 4) is 6.07 Å². The van der Waals surface area contributed by atoms with Gasteiger partial charge in [-0.1, -0.05) is 13.0 Å². The Kier molecular flexibility index (Phi) is 4.35. The number of rotatable bonds is 3. The first-order valence-electron chi connectivity index (χ1n) is 6.52. The van der Waals surface area contributed by atoms with E-state index < -0.39 is 0 Å². The van der Waals surface area contributed by atoms with Crippen molar-refractivity contribution in [2.75, 3.05) is 13.1 Å². The molecule has 0 radical (unpaired) electrons. The Balaban J connectivity index is 1.95. The summed E-state index contributed by atoms with van der Waals surface area (Å²) in [7, 11) is 0. The fourth-order valence-corrected chi connectivity index (χ4v) is 2.31. The van der Waals surface area contributed by atoms with Gasteiger partial charge in [-0.3, -0.25) is 0 Å². The molecule has 2 atom stereocenters. The quantitative estimate of drug-likeness (QED) is 0.888. The molecule has 0 amide bonds. The maximum absolute atomic E-state index is 8.83. The van der Waals surface area contributed by atoms with Crippen molar-refractivity contribution < 1.29 is 4.74 Å². The van der Waals surface area contributed by atoms with Gasteiger partial charge in [0.2, 0.25) is 0 Å². The van der Waals surface area contributed by atoms with Gasteiger partial charge >= 0.3 is 0 Å². The average Bonchev–Trinajstić information content (AvgIpc) is 2.39. The van der Waals surface area contributed by atoms with E-state index in [0.717, 1.165) is 18.7 Å². The van der Waals surface area contributed by atoms with Crippen LogP contribution in [0.2, 0.25) is 0 Å². The van der Waals surface area contributed by atoms with Gasteiger partial charge in [0, 0.05) is 6.54 Å². The van der Waals surface area contributed by atoms with Gasteiger partial charge in [-0.25, -0.2) is 0 Å². The van der Waals surface area contributed by atoms with Gasteiger partial charge in [0.1, 0.15) is 0 Å². The molecule has 3 nitrogen and oxygen atoms in total. The molecule has 96 valence electrons. The molecule has 3 heteroatoms. The Bertz CT molecular complexity index is 450. The third-order valence-corrected chi connectivity index (χ3v) is 3.68. The molecule has 1 N–H and O–H groups in total. The van der Waals surface area contributed by atoms with E-state index in [4.69, 9.17) is 10.00 Å². The second-order valence-corrected chi connectivity index (χ2v) is 5.07. The number of hydrogen-bond acceptors (Lipinski definition) is 3. The molecule has 0 aliphatic carbocycles. The van der Waals surface area contributed by atoms with Crippen molar-refractivity contribution in [2.24, 2.45) is 5.92 Å². The molecule has 0 saturated carbocycles. The Hall–Kier alpha value is -1.37.